The van der Waals surface area contributed by atoms with E-state index in [4.69, 9.17) is 5.26 Å². The third kappa shape index (κ3) is 3.21. The van der Waals surface area contributed by atoms with Gasteiger partial charge < -0.3 is 5.32 Å². The second-order valence-electron chi connectivity index (χ2n) is 4.44. The van der Waals surface area contributed by atoms with Crippen molar-refractivity contribution >= 4 is 5.91 Å². The van der Waals surface area contributed by atoms with Crippen molar-refractivity contribution in [3.05, 3.63) is 71.0 Å². The maximum Gasteiger partial charge on any atom is 0.251 e. The minimum atomic E-state index is -0.373. The third-order valence-corrected chi connectivity index (χ3v) is 2.99. The van der Waals surface area contributed by atoms with Gasteiger partial charge in [0.15, 0.2) is 0 Å². The van der Waals surface area contributed by atoms with Crippen LogP contribution in [-0.4, -0.2) is 5.91 Å². The SMILES string of the molecule is CC(NC(=O)c1ccc(F)cc1)c1ccc(C#N)cc1. The van der Waals surface area contributed by atoms with E-state index >= 15 is 0 Å². The van der Waals surface area contributed by atoms with Crippen LogP contribution in [0.1, 0.15) is 34.5 Å². The molecule has 20 heavy (non-hydrogen) atoms. The summed E-state index contributed by atoms with van der Waals surface area (Å²) >= 11 is 0. The third-order valence-electron chi connectivity index (χ3n) is 2.99. The van der Waals surface area contributed by atoms with Gasteiger partial charge in [0.1, 0.15) is 5.82 Å². The number of halogens is 1. The second kappa shape index (κ2) is 5.98. The van der Waals surface area contributed by atoms with Crippen molar-refractivity contribution in [2.45, 2.75) is 13.0 Å². The van der Waals surface area contributed by atoms with Crippen LogP contribution in [0.4, 0.5) is 4.39 Å². The molecule has 0 aliphatic heterocycles. The van der Waals surface area contributed by atoms with Crippen LogP contribution in [0, 0.1) is 17.1 Å². The fourth-order valence-corrected chi connectivity index (χ4v) is 1.81. The van der Waals surface area contributed by atoms with E-state index in [2.05, 4.69) is 5.32 Å². The minimum Gasteiger partial charge on any atom is -0.346 e. The monoisotopic (exact) mass is 268 g/mol. The normalized spacial score (nSPS) is 11.4. The molecule has 0 radical (unpaired) electrons. The Morgan fingerprint density at radius 1 is 1.15 bits per heavy atom. The molecule has 0 fully saturated rings. The van der Waals surface area contributed by atoms with Crippen molar-refractivity contribution < 1.29 is 9.18 Å². The number of rotatable bonds is 3. The standard InChI is InChI=1S/C16H13FN2O/c1-11(13-4-2-12(10-18)3-5-13)19-16(20)14-6-8-15(17)9-7-14/h2-9,11H,1H3,(H,19,20). The quantitative estimate of drug-likeness (QED) is 0.929. The molecule has 4 heteroatoms. The summed E-state index contributed by atoms with van der Waals surface area (Å²) < 4.78 is 12.8. The number of hydrogen-bond acceptors (Lipinski definition) is 2. The highest BCUT2D eigenvalue weighted by atomic mass is 19.1. The van der Waals surface area contributed by atoms with Crippen LogP contribution in [0.3, 0.4) is 0 Å². The van der Waals surface area contributed by atoms with Crippen LogP contribution in [0.25, 0.3) is 0 Å². The number of nitrogens with zero attached hydrogens (tertiary/aromatic N) is 1. The molecule has 2 rings (SSSR count). The number of amides is 1. The molecule has 0 spiro atoms. The van der Waals surface area contributed by atoms with Crippen LogP contribution in [-0.2, 0) is 0 Å². The van der Waals surface area contributed by atoms with Crippen molar-refractivity contribution in [2.24, 2.45) is 0 Å². The molecule has 1 unspecified atom stereocenters. The van der Waals surface area contributed by atoms with E-state index in [0.29, 0.717) is 11.1 Å². The van der Waals surface area contributed by atoms with Crippen LogP contribution >= 0.6 is 0 Å². The first kappa shape index (κ1) is 13.8. The Labute approximate surface area is 116 Å². The van der Waals surface area contributed by atoms with Gasteiger partial charge in [-0.05, 0) is 48.9 Å². The van der Waals surface area contributed by atoms with Gasteiger partial charge in [-0.3, -0.25) is 4.79 Å². The lowest BCUT2D eigenvalue weighted by Crippen LogP contribution is -2.26. The lowest BCUT2D eigenvalue weighted by Gasteiger charge is -2.14. The Bertz CT molecular complexity index is 642. The maximum atomic E-state index is 12.8. The molecule has 2 aromatic rings. The summed E-state index contributed by atoms with van der Waals surface area (Å²) in [6, 6.07) is 14.2. The van der Waals surface area contributed by atoms with E-state index in [1.54, 1.807) is 24.3 Å². The average Bonchev–Trinajstić information content (AvgIpc) is 2.48. The summed E-state index contributed by atoms with van der Waals surface area (Å²) in [5.74, 6) is -0.636. The number of carbonyl (C=O) groups excluding carboxylic acids is 1. The molecule has 0 aliphatic carbocycles. The molecule has 0 bridgehead atoms. The first-order valence-electron chi connectivity index (χ1n) is 6.16. The smallest absolute Gasteiger partial charge is 0.251 e. The predicted molar refractivity (Wildman–Crippen MR) is 73.4 cm³/mol. The highest BCUT2D eigenvalue weighted by Gasteiger charge is 2.11. The molecule has 0 saturated heterocycles. The molecule has 1 N–H and O–H groups in total. The summed E-state index contributed by atoms with van der Waals surface area (Å²) in [6.07, 6.45) is 0. The van der Waals surface area contributed by atoms with Gasteiger partial charge in [0.05, 0.1) is 17.7 Å². The molecule has 100 valence electrons. The Hall–Kier alpha value is -2.67. The lowest BCUT2D eigenvalue weighted by atomic mass is 10.1. The number of hydrogen-bond donors (Lipinski definition) is 1. The van der Waals surface area contributed by atoms with E-state index in [-0.39, 0.29) is 17.8 Å². The van der Waals surface area contributed by atoms with Gasteiger partial charge in [0.2, 0.25) is 0 Å². The van der Waals surface area contributed by atoms with Gasteiger partial charge in [0.25, 0.3) is 5.91 Å². The topological polar surface area (TPSA) is 52.9 Å². The van der Waals surface area contributed by atoms with Crippen molar-refractivity contribution in [1.29, 1.82) is 5.26 Å². The first-order valence-corrected chi connectivity index (χ1v) is 6.16. The van der Waals surface area contributed by atoms with Crippen LogP contribution in [0.2, 0.25) is 0 Å². The summed E-state index contributed by atoms with van der Waals surface area (Å²) in [7, 11) is 0. The Kier molecular flexibility index (Phi) is 4.11. The molecule has 0 aliphatic rings. The highest BCUT2D eigenvalue weighted by molar-refractivity contribution is 5.94. The zero-order chi connectivity index (χ0) is 14.5. The first-order chi connectivity index (χ1) is 9.60. The molecule has 0 aromatic heterocycles. The van der Waals surface area contributed by atoms with Crippen LogP contribution in [0.15, 0.2) is 48.5 Å². The molecule has 0 saturated carbocycles. The lowest BCUT2D eigenvalue weighted by molar-refractivity contribution is 0.0940. The number of carbonyl (C=O) groups is 1. The van der Waals surface area contributed by atoms with Crippen molar-refractivity contribution in [1.82, 2.24) is 5.32 Å². The van der Waals surface area contributed by atoms with E-state index in [0.717, 1.165) is 5.56 Å². The fourth-order valence-electron chi connectivity index (χ4n) is 1.81. The highest BCUT2D eigenvalue weighted by Crippen LogP contribution is 2.14. The second-order valence-corrected chi connectivity index (χ2v) is 4.44. The van der Waals surface area contributed by atoms with Crippen molar-refractivity contribution in [2.75, 3.05) is 0 Å². The van der Waals surface area contributed by atoms with Crippen LogP contribution < -0.4 is 5.32 Å². The minimum absolute atomic E-state index is 0.194. The van der Waals surface area contributed by atoms with Crippen molar-refractivity contribution in [3.8, 4) is 6.07 Å². The van der Waals surface area contributed by atoms with Gasteiger partial charge in [-0.15, -0.1) is 0 Å². The van der Waals surface area contributed by atoms with E-state index in [1.165, 1.54) is 24.3 Å². The summed E-state index contributed by atoms with van der Waals surface area (Å²) in [5, 5.41) is 11.6. The molecule has 2 aromatic carbocycles. The fraction of sp³-hybridized carbons (Fsp3) is 0.125. The van der Waals surface area contributed by atoms with E-state index < -0.39 is 0 Å². The van der Waals surface area contributed by atoms with E-state index in [1.807, 2.05) is 13.0 Å². The van der Waals surface area contributed by atoms with Gasteiger partial charge in [0, 0.05) is 5.56 Å². The zero-order valence-electron chi connectivity index (χ0n) is 10.9. The van der Waals surface area contributed by atoms with Gasteiger partial charge in [-0.2, -0.15) is 5.26 Å². The number of nitrogens with one attached hydrogen (secondary N) is 1. The van der Waals surface area contributed by atoms with Crippen molar-refractivity contribution in [3.63, 3.8) is 0 Å². The molecule has 0 heterocycles. The Balaban J connectivity index is 2.06. The number of nitriles is 1. The Morgan fingerprint density at radius 3 is 2.30 bits per heavy atom. The summed E-state index contributed by atoms with van der Waals surface area (Å²) in [5.41, 5.74) is 1.89. The van der Waals surface area contributed by atoms with Gasteiger partial charge in [-0.1, -0.05) is 12.1 Å². The van der Waals surface area contributed by atoms with Gasteiger partial charge in [-0.25, -0.2) is 4.39 Å². The summed E-state index contributed by atoms with van der Waals surface area (Å²) in [4.78, 5) is 12.0. The maximum absolute atomic E-state index is 12.8. The largest absolute Gasteiger partial charge is 0.346 e. The Morgan fingerprint density at radius 2 is 1.75 bits per heavy atom. The molecule has 1 atom stereocenters. The van der Waals surface area contributed by atoms with E-state index in [9.17, 15) is 9.18 Å². The van der Waals surface area contributed by atoms with Crippen LogP contribution in [0.5, 0.6) is 0 Å². The summed E-state index contributed by atoms with van der Waals surface area (Å²) in [6.45, 7) is 1.85. The average molecular weight is 268 g/mol. The number of benzene rings is 2. The molecule has 1 amide bonds. The predicted octanol–water partition coefficient (Wildman–Crippen LogP) is 3.19. The molecular weight excluding hydrogens is 255 g/mol. The molecule has 3 nitrogen and oxygen atoms in total. The van der Waals surface area contributed by atoms with Gasteiger partial charge >= 0.3 is 0 Å². The zero-order valence-corrected chi connectivity index (χ0v) is 10.9. The molecular formula is C16H13FN2O.